The molecule has 5 heteroatoms. The van der Waals surface area contributed by atoms with Crippen molar-refractivity contribution in [2.75, 3.05) is 7.11 Å². The molecule has 2 rings (SSSR count). The Balaban J connectivity index is 1.70. The van der Waals surface area contributed by atoms with E-state index in [1.807, 2.05) is 0 Å². The summed E-state index contributed by atoms with van der Waals surface area (Å²) in [6.45, 7) is 2.24. The van der Waals surface area contributed by atoms with Crippen molar-refractivity contribution < 1.29 is 19.1 Å². The summed E-state index contributed by atoms with van der Waals surface area (Å²) < 4.78 is 10.8. The Kier molecular flexibility index (Phi) is 10.4. The highest BCUT2D eigenvalue weighted by atomic mass is 16.5. The molecule has 0 aromatic carbocycles. The van der Waals surface area contributed by atoms with Gasteiger partial charge in [0.15, 0.2) is 0 Å². The van der Waals surface area contributed by atoms with Gasteiger partial charge in [0, 0.05) is 18.4 Å². The first-order chi connectivity index (χ1) is 14.1. The Morgan fingerprint density at radius 1 is 1.03 bits per heavy atom. The predicted molar refractivity (Wildman–Crippen MR) is 114 cm³/mol. The molecule has 1 aliphatic heterocycles. The average molecular weight is 406 g/mol. The van der Waals surface area contributed by atoms with Crippen LogP contribution in [0, 0.1) is 18.3 Å². The van der Waals surface area contributed by atoms with Crippen LogP contribution in [0.1, 0.15) is 96.8 Å². The second-order valence-corrected chi connectivity index (χ2v) is 8.56. The number of carbonyl (C=O) groups is 2. The third-order valence-electron chi connectivity index (χ3n) is 6.49. The van der Waals surface area contributed by atoms with Crippen LogP contribution in [0.4, 0.5) is 4.79 Å². The minimum absolute atomic E-state index is 0.0164. The predicted octanol–water partition coefficient (Wildman–Crippen LogP) is 5.46. The van der Waals surface area contributed by atoms with Crippen molar-refractivity contribution in [2.45, 2.75) is 115 Å². The largest absolute Gasteiger partial charge is 0.462 e. The maximum absolute atomic E-state index is 12.4. The van der Waals surface area contributed by atoms with Gasteiger partial charge in [-0.1, -0.05) is 64.2 Å². The van der Waals surface area contributed by atoms with E-state index < -0.39 is 0 Å². The Bertz CT molecular complexity index is 556. The molecule has 1 amide bonds. The highest BCUT2D eigenvalue weighted by Gasteiger charge is 2.49. The molecule has 1 heterocycles. The Morgan fingerprint density at radius 2 is 1.69 bits per heavy atom. The van der Waals surface area contributed by atoms with Crippen LogP contribution in [0.5, 0.6) is 0 Å². The van der Waals surface area contributed by atoms with Crippen molar-refractivity contribution in [1.82, 2.24) is 4.90 Å². The Hall–Kier alpha value is -1.70. The fourth-order valence-corrected chi connectivity index (χ4v) is 4.93. The molecule has 1 saturated carbocycles. The standard InChI is InChI=1S/C24H39NO4/c1-4-6-7-8-9-10-11-12-13-17-23(26)29-22-16-14-15-21-20(22)18-19(5-2)25(21)24(27)28-3/h2,19-22H,4,6-18H2,1,3H3/t19?,20-,21-,22+/m1/s1. The number of rotatable bonds is 11. The van der Waals surface area contributed by atoms with Crippen LogP contribution in [-0.2, 0) is 14.3 Å². The smallest absolute Gasteiger partial charge is 0.410 e. The van der Waals surface area contributed by atoms with Gasteiger partial charge in [-0.05, 0) is 32.1 Å². The number of fused-ring (bicyclic) bond motifs is 1. The maximum Gasteiger partial charge on any atom is 0.410 e. The summed E-state index contributed by atoms with van der Waals surface area (Å²) in [4.78, 5) is 26.2. The van der Waals surface area contributed by atoms with E-state index in [2.05, 4.69) is 12.8 Å². The van der Waals surface area contributed by atoms with Gasteiger partial charge in [0.2, 0.25) is 0 Å². The van der Waals surface area contributed by atoms with Gasteiger partial charge >= 0.3 is 12.1 Å². The number of nitrogens with zero attached hydrogens (tertiary/aromatic N) is 1. The minimum Gasteiger partial charge on any atom is -0.462 e. The van der Waals surface area contributed by atoms with E-state index in [1.54, 1.807) is 4.90 Å². The molecule has 5 nitrogen and oxygen atoms in total. The van der Waals surface area contributed by atoms with Crippen molar-refractivity contribution in [3.63, 3.8) is 0 Å². The zero-order chi connectivity index (χ0) is 21.1. The molecule has 0 aromatic heterocycles. The molecule has 1 saturated heterocycles. The third-order valence-corrected chi connectivity index (χ3v) is 6.49. The van der Waals surface area contributed by atoms with Gasteiger partial charge in [0.1, 0.15) is 6.10 Å². The van der Waals surface area contributed by atoms with Crippen LogP contribution in [0.25, 0.3) is 0 Å². The van der Waals surface area contributed by atoms with E-state index >= 15 is 0 Å². The first kappa shape index (κ1) is 23.6. The van der Waals surface area contributed by atoms with Crippen LogP contribution in [-0.4, -0.2) is 42.3 Å². The lowest BCUT2D eigenvalue weighted by Crippen LogP contribution is -2.46. The van der Waals surface area contributed by atoms with E-state index in [0.29, 0.717) is 12.8 Å². The number of likely N-dealkylation sites (tertiary alicyclic amines) is 1. The van der Waals surface area contributed by atoms with Gasteiger partial charge in [-0.3, -0.25) is 9.69 Å². The minimum atomic E-state index is -0.373. The fourth-order valence-electron chi connectivity index (χ4n) is 4.93. The van der Waals surface area contributed by atoms with E-state index in [9.17, 15) is 9.59 Å². The molecule has 2 fully saturated rings. The molecule has 0 bridgehead atoms. The molecule has 1 aliphatic carbocycles. The molecule has 0 N–H and O–H groups in total. The zero-order valence-corrected chi connectivity index (χ0v) is 18.4. The van der Waals surface area contributed by atoms with Gasteiger partial charge in [-0.15, -0.1) is 6.42 Å². The van der Waals surface area contributed by atoms with Gasteiger partial charge in [0.05, 0.1) is 13.2 Å². The highest BCUT2D eigenvalue weighted by Crippen LogP contribution is 2.41. The van der Waals surface area contributed by atoms with E-state index in [-0.39, 0.29) is 36.2 Å². The lowest BCUT2D eigenvalue weighted by molar-refractivity contribution is -0.154. The second kappa shape index (κ2) is 12.8. The van der Waals surface area contributed by atoms with Crippen LogP contribution in [0.3, 0.4) is 0 Å². The summed E-state index contributed by atoms with van der Waals surface area (Å²) in [7, 11) is 1.38. The van der Waals surface area contributed by atoms with Gasteiger partial charge in [0.25, 0.3) is 0 Å². The number of methoxy groups -OCH3 is 1. The molecule has 0 radical (unpaired) electrons. The number of amides is 1. The molecule has 0 spiro atoms. The average Bonchev–Trinajstić information content (AvgIpc) is 3.11. The molecular weight excluding hydrogens is 366 g/mol. The third kappa shape index (κ3) is 6.94. The molecule has 0 aromatic rings. The zero-order valence-electron chi connectivity index (χ0n) is 18.4. The Labute approximate surface area is 176 Å². The summed E-state index contributed by atoms with van der Waals surface area (Å²) in [5, 5.41) is 0. The number of ether oxygens (including phenoxy) is 2. The van der Waals surface area contributed by atoms with Crippen molar-refractivity contribution in [2.24, 2.45) is 5.92 Å². The number of terminal acetylenes is 1. The number of hydrogen-bond donors (Lipinski definition) is 0. The molecule has 4 atom stereocenters. The van der Waals surface area contributed by atoms with E-state index in [1.165, 1.54) is 52.1 Å². The van der Waals surface area contributed by atoms with Crippen LogP contribution < -0.4 is 0 Å². The second-order valence-electron chi connectivity index (χ2n) is 8.56. The van der Waals surface area contributed by atoms with Crippen LogP contribution >= 0.6 is 0 Å². The number of esters is 1. The van der Waals surface area contributed by atoms with Gasteiger partial charge in [-0.25, -0.2) is 4.79 Å². The first-order valence-corrected chi connectivity index (χ1v) is 11.6. The van der Waals surface area contributed by atoms with Crippen LogP contribution in [0.2, 0.25) is 0 Å². The SMILES string of the molecule is C#CC1C[C@H]2[C@@H](OC(=O)CCCCCCCCCCC)CCC[C@H]2N1C(=O)OC. The van der Waals surface area contributed by atoms with Crippen molar-refractivity contribution in [1.29, 1.82) is 0 Å². The first-order valence-electron chi connectivity index (χ1n) is 11.6. The van der Waals surface area contributed by atoms with E-state index in [0.717, 1.165) is 32.1 Å². The van der Waals surface area contributed by atoms with Gasteiger partial charge < -0.3 is 9.47 Å². The van der Waals surface area contributed by atoms with Crippen molar-refractivity contribution in [3.05, 3.63) is 0 Å². The number of carbonyl (C=O) groups excluding carboxylic acids is 2. The summed E-state index contributed by atoms with van der Waals surface area (Å²) in [6.07, 6.45) is 20.1. The summed E-state index contributed by atoms with van der Waals surface area (Å²) in [5.41, 5.74) is 0. The maximum atomic E-state index is 12.4. The van der Waals surface area contributed by atoms with E-state index in [4.69, 9.17) is 15.9 Å². The number of unbranched alkanes of at least 4 members (excludes halogenated alkanes) is 8. The normalized spacial score (nSPS) is 25.9. The molecule has 29 heavy (non-hydrogen) atoms. The quantitative estimate of drug-likeness (QED) is 0.260. The van der Waals surface area contributed by atoms with Gasteiger partial charge in [-0.2, -0.15) is 0 Å². The molecule has 1 unspecified atom stereocenters. The summed E-state index contributed by atoms with van der Waals surface area (Å²) >= 11 is 0. The summed E-state index contributed by atoms with van der Waals surface area (Å²) in [6, 6.07) is -0.253. The number of hydrogen-bond acceptors (Lipinski definition) is 4. The monoisotopic (exact) mass is 405 g/mol. The highest BCUT2D eigenvalue weighted by molar-refractivity contribution is 5.70. The van der Waals surface area contributed by atoms with Crippen molar-refractivity contribution in [3.8, 4) is 12.3 Å². The summed E-state index contributed by atoms with van der Waals surface area (Å²) in [5.74, 6) is 2.73. The topological polar surface area (TPSA) is 55.8 Å². The van der Waals surface area contributed by atoms with Crippen molar-refractivity contribution >= 4 is 12.1 Å². The molecule has 164 valence electrons. The lowest BCUT2D eigenvalue weighted by Gasteiger charge is -2.36. The molecule has 2 aliphatic rings. The van der Waals surface area contributed by atoms with Crippen LogP contribution in [0.15, 0.2) is 0 Å². The molecular formula is C24H39NO4. The fraction of sp³-hybridized carbons (Fsp3) is 0.833. The lowest BCUT2D eigenvalue weighted by atomic mass is 9.82. The Morgan fingerprint density at radius 3 is 2.31 bits per heavy atom.